The van der Waals surface area contributed by atoms with Gasteiger partial charge in [-0.1, -0.05) is 52.3 Å². The number of hydrazone groups is 1. The molecule has 0 fully saturated rings. The van der Waals surface area contributed by atoms with Crippen molar-refractivity contribution in [3.8, 4) is 0 Å². The van der Waals surface area contributed by atoms with Crippen molar-refractivity contribution in [2.24, 2.45) is 5.10 Å². The average molecular weight is 363 g/mol. The normalized spacial score (nSPS) is 12.3. The van der Waals surface area contributed by atoms with Gasteiger partial charge in [0.2, 0.25) is 0 Å². The minimum absolute atomic E-state index is 0.118. The molecule has 0 bridgehead atoms. The Labute approximate surface area is 137 Å². The standard InChI is InChI=1S/C16H15BrN2OS/c1-12(21-14-8-3-2-4-9-14)16(20)19-18-11-13-7-5-6-10-15(13)17/h2-12H,1H3,(H,19,20)/b18-11-/t12-/m1/s1. The molecule has 108 valence electrons. The molecule has 0 aliphatic rings. The maximum Gasteiger partial charge on any atom is 0.253 e. The van der Waals surface area contributed by atoms with Gasteiger partial charge in [0, 0.05) is 14.9 Å². The van der Waals surface area contributed by atoms with E-state index in [1.54, 1.807) is 6.21 Å². The van der Waals surface area contributed by atoms with E-state index < -0.39 is 0 Å². The van der Waals surface area contributed by atoms with Crippen LogP contribution in [0.2, 0.25) is 0 Å². The van der Waals surface area contributed by atoms with E-state index >= 15 is 0 Å². The molecule has 0 radical (unpaired) electrons. The molecule has 0 aromatic heterocycles. The summed E-state index contributed by atoms with van der Waals surface area (Å²) < 4.78 is 0.940. The first-order chi connectivity index (χ1) is 10.2. The number of carbonyl (C=O) groups is 1. The number of nitrogens with one attached hydrogen (secondary N) is 1. The van der Waals surface area contributed by atoms with Gasteiger partial charge in [0.15, 0.2) is 0 Å². The third-order valence-electron chi connectivity index (χ3n) is 2.71. The van der Waals surface area contributed by atoms with Gasteiger partial charge >= 0.3 is 0 Å². The molecule has 3 nitrogen and oxygen atoms in total. The van der Waals surface area contributed by atoms with Crippen molar-refractivity contribution in [2.45, 2.75) is 17.1 Å². The lowest BCUT2D eigenvalue weighted by Gasteiger charge is -2.09. The smallest absolute Gasteiger partial charge is 0.253 e. The van der Waals surface area contributed by atoms with Crippen LogP contribution in [0.5, 0.6) is 0 Å². The van der Waals surface area contributed by atoms with Crippen molar-refractivity contribution in [1.29, 1.82) is 0 Å². The van der Waals surface area contributed by atoms with Gasteiger partial charge in [0.05, 0.1) is 11.5 Å². The maximum absolute atomic E-state index is 12.0. The molecule has 2 rings (SSSR count). The molecule has 1 amide bonds. The van der Waals surface area contributed by atoms with Crippen LogP contribution in [0.4, 0.5) is 0 Å². The number of halogens is 1. The SMILES string of the molecule is C[C@@H](Sc1ccccc1)C(=O)N/N=C\c1ccccc1Br. The van der Waals surface area contributed by atoms with Crippen molar-refractivity contribution in [2.75, 3.05) is 0 Å². The number of rotatable bonds is 5. The summed E-state index contributed by atoms with van der Waals surface area (Å²) in [5.41, 5.74) is 3.48. The maximum atomic E-state index is 12.0. The van der Waals surface area contributed by atoms with Gasteiger partial charge in [-0.2, -0.15) is 5.10 Å². The third kappa shape index (κ3) is 5.02. The summed E-state index contributed by atoms with van der Waals surface area (Å²) in [5, 5.41) is 3.79. The highest BCUT2D eigenvalue weighted by atomic mass is 79.9. The zero-order chi connectivity index (χ0) is 15.1. The zero-order valence-corrected chi connectivity index (χ0v) is 13.9. The fourth-order valence-electron chi connectivity index (χ4n) is 1.59. The Kier molecular flexibility index (Phi) is 6.02. The molecule has 21 heavy (non-hydrogen) atoms. The van der Waals surface area contributed by atoms with Gasteiger partial charge in [-0.25, -0.2) is 5.43 Å². The molecule has 2 aromatic rings. The molecular formula is C16H15BrN2OS. The van der Waals surface area contributed by atoms with Crippen LogP contribution >= 0.6 is 27.7 Å². The van der Waals surface area contributed by atoms with Gasteiger partial charge in [-0.05, 0) is 25.1 Å². The monoisotopic (exact) mass is 362 g/mol. The summed E-state index contributed by atoms with van der Waals surface area (Å²) in [6, 6.07) is 17.5. The largest absolute Gasteiger partial charge is 0.272 e. The van der Waals surface area contributed by atoms with Gasteiger partial charge in [-0.15, -0.1) is 11.8 Å². The first-order valence-electron chi connectivity index (χ1n) is 6.46. The first-order valence-corrected chi connectivity index (χ1v) is 8.13. The molecule has 1 atom stereocenters. The number of hydrogen-bond acceptors (Lipinski definition) is 3. The van der Waals surface area contributed by atoms with Gasteiger partial charge in [0.1, 0.15) is 0 Å². The number of benzene rings is 2. The molecule has 0 aliphatic heterocycles. The Morgan fingerprint density at radius 1 is 1.19 bits per heavy atom. The highest BCUT2D eigenvalue weighted by Gasteiger charge is 2.13. The lowest BCUT2D eigenvalue weighted by molar-refractivity contribution is -0.120. The third-order valence-corrected chi connectivity index (χ3v) is 4.54. The van der Waals surface area contributed by atoms with Crippen molar-refractivity contribution in [1.82, 2.24) is 5.43 Å². The van der Waals surface area contributed by atoms with Crippen LogP contribution in [-0.2, 0) is 4.79 Å². The summed E-state index contributed by atoms with van der Waals surface area (Å²) in [6.07, 6.45) is 1.63. The quantitative estimate of drug-likeness (QED) is 0.494. The molecule has 0 unspecified atom stereocenters. The van der Waals surface area contributed by atoms with Crippen LogP contribution in [0.15, 0.2) is 69.1 Å². The van der Waals surface area contributed by atoms with Crippen molar-refractivity contribution in [3.05, 3.63) is 64.6 Å². The van der Waals surface area contributed by atoms with E-state index in [9.17, 15) is 4.79 Å². The Morgan fingerprint density at radius 2 is 1.86 bits per heavy atom. The number of amides is 1. The summed E-state index contributed by atoms with van der Waals surface area (Å²) in [5.74, 6) is -0.118. The summed E-state index contributed by atoms with van der Waals surface area (Å²) in [7, 11) is 0. The van der Waals surface area contributed by atoms with E-state index in [4.69, 9.17) is 0 Å². The predicted molar refractivity (Wildman–Crippen MR) is 91.6 cm³/mol. The van der Waals surface area contributed by atoms with Crippen LogP contribution in [-0.4, -0.2) is 17.4 Å². The van der Waals surface area contributed by atoms with Crippen LogP contribution in [0.3, 0.4) is 0 Å². The molecule has 5 heteroatoms. The highest BCUT2D eigenvalue weighted by molar-refractivity contribution is 9.10. The topological polar surface area (TPSA) is 41.5 Å². The van der Waals surface area contributed by atoms with E-state index in [0.29, 0.717) is 0 Å². The fourth-order valence-corrected chi connectivity index (χ4v) is 2.86. The molecular weight excluding hydrogens is 348 g/mol. The molecule has 1 N–H and O–H groups in total. The molecule has 2 aromatic carbocycles. The Balaban J connectivity index is 1.88. The van der Waals surface area contributed by atoms with E-state index in [1.165, 1.54) is 11.8 Å². The van der Waals surface area contributed by atoms with Crippen molar-refractivity contribution >= 4 is 39.8 Å². The first kappa shape index (κ1) is 15.8. The second-order valence-corrected chi connectivity index (χ2v) is 6.60. The van der Waals surface area contributed by atoms with Crippen molar-refractivity contribution in [3.63, 3.8) is 0 Å². The number of nitrogens with zero attached hydrogens (tertiary/aromatic N) is 1. The molecule has 0 saturated heterocycles. The van der Waals surface area contributed by atoms with Crippen molar-refractivity contribution < 1.29 is 4.79 Å². The second-order valence-electron chi connectivity index (χ2n) is 4.33. The number of thioether (sulfide) groups is 1. The van der Waals surface area contributed by atoms with Crippen LogP contribution in [0, 0.1) is 0 Å². The summed E-state index contributed by atoms with van der Waals surface area (Å²) in [6.45, 7) is 1.86. The number of carbonyl (C=O) groups excluding carboxylic acids is 1. The van der Waals surface area contributed by atoms with E-state index in [0.717, 1.165) is 14.9 Å². The van der Waals surface area contributed by atoms with E-state index in [1.807, 2.05) is 61.5 Å². The minimum Gasteiger partial charge on any atom is -0.272 e. The van der Waals surface area contributed by atoms with Gasteiger partial charge in [-0.3, -0.25) is 4.79 Å². The second kappa shape index (κ2) is 8.00. The molecule has 0 spiro atoms. The summed E-state index contributed by atoms with van der Waals surface area (Å²) in [4.78, 5) is 13.0. The summed E-state index contributed by atoms with van der Waals surface area (Å²) >= 11 is 4.93. The van der Waals surface area contributed by atoms with Crippen LogP contribution in [0.25, 0.3) is 0 Å². The lowest BCUT2D eigenvalue weighted by Crippen LogP contribution is -2.26. The van der Waals surface area contributed by atoms with E-state index in [-0.39, 0.29) is 11.2 Å². The Bertz CT molecular complexity index is 631. The van der Waals surface area contributed by atoms with E-state index in [2.05, 4.69) is 26.5 Å². The Hall–Kier alpha value is -1.59. The lowest BCUT2D eigenvalue weighted by atomic mass is 10.2. The molecule has 0 aliphatic carbocycles. The predicted octanol–water partition coefficient (Wildman–Crippen LogP) is 4.08. The van der Waals surface area contributed by atoms with Gasteiger partial charge in [0.25, 0.3) is 5.91 Å². The Morgan fingerprint density at radius 3 is 2.57 bits per heavy atom. The van der Waals surface area contributed by atoms with Crippen LogP contribution < -0.4 is 5.43 Å². The zero-order valence-electron chi connectivity index (χ0n) is 11.5. The number of hydrogen-bond donors (Lipinski definition) is 1. The minimum atomic E-state index is -0.205. The van der Waals surface area contributed by atoms with Crippen LogP contribution in [0.1, 0.15) is 12.5 Å². The molecule has 0 heterocycles. The average Bonchev–Trinajstić information content (AvgIpc) is 2.50. The fraction of sp³-hybridized carbons (Fsp3) is 0.125. The molecule has 0 saturated carbocycles. The van der Waals surface area contributed by atoms with Gasteiger partial charge < -0.3 is 0 Å². The highest BCUT2D eigenvalue weighted by Crippen LogP contribution is 2.22.